The number of carbonyl (C=O) groups is 4. The lowest BCUT2D eigenvalue weighted by Gasteiger charge is -2.36. The van der Waals surface area contributed by atoms with Crippen LogP contribution in [-0.2, 0) is 19.2 Å². The van der Waals surface area contributed by atoms with Crippen molar-refractivity contribution in [1.29, 1.82) is 0 Å². The summed E-state index contributed by atoms with van der Waals surface area (Å²) >= 11 is 0. The molecule has 30 heavy (non-hydrogen) atoms. The van der Waals surface area contributed by atoms with Crippen molar-refractivity contribution in [1.82, 2.24) is 9.80 Å². The Balaban J connectivity index is 1.68. The molecule has 0 spiro atoms. The number of amides is 4. The van der Waals surface area contributed by atoms with Gasteiger partial charge < -0.3 is 10.2 Å². The van der Waals surface area contributed by atoms with Crippen molar-refractivity contribution in [2.45, 2.75) is 39.2 Å². The molecule has 1 fully saturated rings. The Hall–Kier alpha value is -3.03. The van der Waals surface area contributed by atoms with Gasteiger partial charge in [0.2, 0.25) is 23.6 Å². The molecule has 0 radical (unpaired) electrons. The third-order valence-corrected chi connectivity index (χ3v) is 5.43. The number of imide groups is 1. The zero-order valence-corrected chi connectivity index (χ0v) is 17.4. The summed E-state index contributed by atoms with van der Waals surface area (Å²) in [4.78, 5) is 53.1. The maximum Gasteiger partial charge on any atom is 0.244 e. The normalized spacial score (nSPS) is 20.9. The van der Waals surface area contributed by atoms with Gasteiger partial charge in [-0.3, -0.25) is 24.1 Å². The first-order chi connectivity index (χ1) is 14.1. The van der Waals surface area contributed by atoms with E-state index in [1.165, 1.54) is 29.2 Å². The Morgan fingerprint density at radius 3 is 2.10 bits per heavy atom. The Morgan fingerprint density at radius 1 is 1.07 bits per heavy atom. The van der Waals surface area contributed by atoms with Crippen LogP contribution in [0.25, 0.3) is 0 Å². The quantitative estimate of drug-likeness (QED) is 0.591. The number of rotatable bonds is 5. The minimum atomic E-state index is -0.711. The minimum Gasteiger partial charge on any atom is -0.327 e. The average molecular weight is 415 g/mol. The molecular weight excluding hydrogens is 389 g/mol. The number of benzene rings is 1. The van der Waals surface area contributed by atoms with Crippen molar-refractivity contribution in [3.05, 3.63) is 42.2 Å². The highest BCUT2D eigenvalue weighted by molar-refractivity contribution is 6.08. The van der Waals surface area contributed by atoms with Crippen LogP contribution in [0.5, 0.6) is 0 Å². The molecule has 0 aromatic heterocycles. The molecule has 2 aliphatic rings. The first kappa shape index (κ1) is 21.7. The Morgan fingerprint density at radius 2 is 1.60 bits per heavy atom. The van der Waals surface area contributed by atoms with Crippen LogP contribution in [0.1, 0.15) is 33.6 Å². The summed E-state index contributed by atoms with van der Waals surface area (Å²) < 4.78 is 13.0. The molecule has 8 heteroatoms. The molecule has 1 aliphatic carbocycles. The van der Waals surface area contributed by atoms with Crippen LogP contribution in [0.2, 0.25) is 0 Å². The van der Waals surface area contributed by atoms with Crippen LogP contribution >= 0.6 is 0 Å². The second-order valence-corrected chi connectivity index (χ2v) is 8.62. The predicted molar refractivity (Wildman–Crippen MR) is 109 cm³/mol. The van der Waals surface area contributed by atoms with Gasteiger partial charge in [-0.25, -0.2) is 4.39 Å². The number of anilines is 1. The van der Waals surface area contributed by atoms with Gasteiger partial charge in [0, 0.05) is 11.2 Å². The first-order valence-corrected chi connectivity index (χ1v) is 9.94. The molecule has 1 heterocycles. The molecule has 1 aromatic rings. The van der Waals surface area contributed by atoms with E-state index >= 15 is 0 Å². The fraction of sp³-hybridized carbons (Fsp3) is 0.455. The molecule has 3 rings (SSSR count). The topological polar surface area (TPSA) is 86.8 Å². The van der Waals surface area contributed by atoms with Gasteiger partial charge in [-0.1, -0.05) is 12.2 Å². The van der Waals surface area contributed by atoms with Crippen LogP contribution in [0.4, 0.5) is 10.1 Å². The van der Waals surface area contributed by atoms with Gasteiger partial charge >= 0.3 is 0 Å². The van der Waals surface area contributed by atoms with Crippen LogP contribution < -0.4 is 5.32 Å². The lowest BCUT2D eigenvalue weighted by molar-refractivity contribution is -0.149. The summed E-state index contributed by atoms with van der Waals surface area (Å²) in [6.45, 7) is 4.67. The third-order valence-electron chi connectivity index (χ3n) is 5.43. The van der Waals surface area contributed by atoms with Crippen molar-refractivity contribution in [3.8, 4) is 0 Å². The average Bonchev–Trinajstić information content (AvgIpc) is 2.92. The summed E-state index contributed by atoms with van der Waals surface area (Å²) in [5.74, 6) is -2.82. The standard InChI is InChI=1S/C22H26FN3O4/c1-22(2,3)26(12-18(27)24-15-10-8-14(23)9-11-15)19(28)13-25-20(29)16-6-4-5-7-17(16)21(25)30/h4-5,8-11,16-17H,6-7,12-13H2,1-3H3,(H,24,27)/t16-,17-/m1/s1. The van der Waals surface area contributed by atoms with Crippen molar-refractivity contribution in [3.63, 3.8) is 0 Å². The minimum absolute atomic E-state index is 0.260. The summed E-state index contributed by atoms with van der Waals surface area (Å²) in [5.41, 5.74) is -0.304. The van der Waals surface area contributed by atoms with Gasteiger partial charge in [0.05, 0.1) is 11.8 Å². The second kappa shape index (κ2) is 8.38. The fourth-order valence-electron chi connectivity index (χ4n) is 3.82. The molecule has 4 amide bonds. The van der Waals surface area contributed by atoms with Gasteiger partial charge in [-0.05, 0) is 57.9 Å². The van der Waals surface area contributed by atoms with E-state index < -0.39 is 35.0 Å². The zero-order valence-electron chi connectivity index (χ0n) is 17.4. The summed E-state index contributed by atoms with van der Waals surface area (Å²) in [6, 6.07) is 5.30. The van der Waals surface area contributed by atoms with Crippen LogP contribution in [0.3, 0.4) is 0 Å². The van der Waals surface area contributed by atoms with Crippen molar-refractivity contribution < 1.29 is 23.6 Å². The lowest BCUT2D eigenvalue weighted by Crippen LogP contribution is -2.53. The molecule has 160 valence electrons. The Bertz CT molecular complexity index is 863. The number of fused-ring (bicyclic) bond motifs is 1. The number of likely N-dealkylation sites (tertiary alicyclic amines) is 1. The van der Waals surface area contributed by atoms with Crippen molar-refractivity contribution in [2.24, 2.45) is 11.8 Å². The second-order valence-electron chi connectivity index (χ2n) is 8.62. The molecule has 1 N–H and O–H groups in total. The zero-order chi connectivity index (χ0) is 22.1. The molecule has 0 bridgehead atoms. The SMILES string of the molecule is CC(C)(C)N(CC(=O)Nc1ccc(F)cc1)C(=O)CN1C(=O)[C@@H]2CC=CC[C@H]2C1=O. The number of carbonyl (C=O) groups excluding carboxylic acids is 4. The highest BCUT2D eigenvalue weighted by Crippen LogP contribution is 2.35. The number of hydrogen-bond donors (Lipinski definition) is 1. The van der Waals surface area contributed by atoms with E-state index in [1.54, 1.807) is 20.8 Å². The molecule has 1 aliphatic heterocycles. The lowest BCUT2D eigenvalue weighted by atomic mass is 9.85. The third kappa shape index (κ3) is 4.58. The molecule has 1 aromatic carbocycles. The van der Waals surface area contributed by atoms with E-state index in [1.807, 2.05) is 12.2 Å². The van der Waals surface area contributed by atoms with Crippen LogP contribution in [0.15, 0.2) is 36.4 Å². The fourth-order valence-corrected chi connectivity index (χ4v) is 3.82. The number of allylic oxidation sites excluding steroid dienone is 2. The molecule has 2 atom stereocenters. The van der Waals surface area contributed by atoms with Crippen LogP contribution in [0, 0.1) is 17.7 Å². The molecular formula is C22H26FN3O4. The maximum absolute atomic E-state index is 13.0. The van der Waals surface area contributed by atoms with E-state index in [2.05, 4.69) is 5.32 Å². The summed E-state index contributed by atoms with van der Waals surface area (Å²) in [6.07, 6.45) is 4.78. The smallest absolute Gasteiger partial charge is 0.244 e. The summed E-state index contributed by atoms with van der Waals surface area (Å²) in [7, 11) is 0. The molecule has 0 unspecified atom stereocenters. The van der Waals surface area contributed by atoms with E-state index in [4.69, 9.17) is 0 Å². The van der Waals surface area contributed by atoms with Crippen molar-refractivity contribution >= 4 is 29.3 Å². The maximum atomic E-state index is 13.0. The molecule has 7 nitrogen and oxygen atoms in total. The van der Waals surface area contributed by atoms with Gasteiger partial charge in [0.25, 0.3) is 0 Å². The van der Waals surface area contributed by atoms with Crippen molar-refractivity contribution in [2.75, 3.05) is 18.4 Å². The highest BCUT2D eigenvalue weighted by Gasteiger charge is 2.48. The van der Waals surface area contributed by atoms with E-state index in [0.717, 1.165) is 4.90 Å². The number of hydrogen-bond acceptors (Lipinski definition) is 4. The van der Waals surface area contributed by atoms with Gasteiger partial charge in [0.1, 0.15) is 18.9 Å². The predicted octanol–water partition coefficient (Wildman–Crippen LogP) is 2.34. The molecule has 1 saturated heterocycles. The van der Waals surface area contributed by atoms with E-state index in [-0.39, 0.29) is 24.9 Å². The number of nitrogens with one attached hydrogen (secondary N) is 1. The Labute approximate surface area is 174 Å². The van der Waals surface area contributed by atoms with E-state index in [9.17, 15) is 23.6 Å². The molecule has 0 saturated carbocycles. The largest absolute Gasteiger partial charge is 0.327 e. The van der Waals surface area contributed by atoms with Gasteiger partial charge in [-0.15, -0.1) is 0 Å². The van der Waals surface area contributed by atoms with Gasteiger partial charge in [-0.2, -0.15) is 0 Å². The number of nitrogens with zero attached hydrogens (tertiary/aromatic N) is 2. The van der Waals surface area contributed by atoms with Gasteiger partial charge in [0.15, 0.2) is 0 Å². The van der Waals surface area contributed by atoms with E-state index in [0.29, 0.717) is 18.5 Å². The summed E-state index contributed by atoms with van der Waals surface area (Å²) in [5, 5.41) is 2.62. The number of halogens is 1. The monoisotopic (exact) mass is 415 g/mol. The van der Waals surface area contributed by atoms with Crippen LogP contribution in [-0.4, -0.2) is 52.1 Å². The Kier molecular flexibility index (Phi) is 6.05. The highest BCUT2D eigenvalue weighted by atomic mass is 19.1. The first-order valence-electron chi connectivity index (χ1n) is 9.94.